The van der Waals surface area contributed by atoms with Crippen molar-refractivity contribution in [1.82, 2.24) is 5.32 Å². The van der Waals surface area contributed by atoms with Gasteiger partial charge < -0.3 is 10.1 Å². The molecule has 0 aliphatic carbocycles. The standard InChI is InChI=1S/C25H27ClN2O4S/c1-17-9-12-23(32-4)24(13-17)33(30,31)28(21-11-10-18(2)19(3)14-21)16-25(29)27-15-20-7-5-6-8-22(20)26/h5-14H,15-16H2,1-4H3,(H,27,29). The largest absolute Gasteiger partial charge is 0.495 e. The van der Waals surface area contributed by atoms with Crippen LogP contribution in [0.1, 0.15) is 22.3 Å². The molecule has 0 aliphatic rings. The SMILES string of the molecule is COc1ccc(C)cc1S(=O)(=O)N(CC(=O)NCc1ccccc1Cl)c1ccc(C)c(C)c1. The summed E-state index contributed by atoms with van der Waals surface area (Å²) in [6, 6.07) is 17.4. The van der Waals surface area contributed by atoms with Crippen LogP contribution in [-0.4, -0.2) is 28.0 Å². The summed E-state index contributed by atoms with van der Waals surface area (Å²) in [5.41, 5.74) is 3.84. The number of hydrogen-bond donors (Lipinski definition) is 1. The number of halogens is 1. The van der Waals surface area contributed by atoms with Crippen LogP contribution in [0.3, 0.4) is 0 Å². The van der Waals surface area contributed by atoms with E-state index in [1.165, 1.54) is 7.11 Å². The molecule has 174 valence electrons. The van der Waals surface area contributed by atoms with Crippen LogP contribution >= 0.6 is 11.6 Å². The molecule has 0 fully saturated rings. The van der Waals surface area contributed by atoms with Crippen molar-refractivity contribution in [2.24, 2.45) is 0 Å². The van der Waals surface area contributed by atoms with Crippen LogP contribution in [-0.2, 0) is 21.4 Å². The van der Waals surface area contributed by atoms with Crippen LogP contribution < -0.4 is 14.4 Å². The second kappa shape index (κ2) is 10.3. The molecule has 8 heteroatoms. The van der Waals surface area contributed by atoms with E-state index in [0.717, 1.165) is 26.6 Å². The van der Waals surface area contributed by atoms with Crippen molar-refractivity contribution >= 4 is 33.2 Å². The number of amides is 1. The van der Waals surface area contributed by atoms with Crippen LogP contribution in [0.2, 0.25) is 5.02 Å². The highest BCUT2D eigenvalue weighted by Crippen LogP contribution is 2.31. The van der Waals surface area contributed by atoms with Gasteiger partial charge in [-0.25, -0.2) is 8.42 Å². The predicted molar refractivity (Wildman–Crippen MR) is 131 cm³/mol. The maximum Gasteiger partial charge on any atom is 0.268 e. The van der Waals surface area contributed by atoms with Crippen molar-refractivity contribution < 1.29 is 17.9 Å². The lowest BCUT2D eigenvalue weighted by molar-refractivity contribution is -0.119. The Kier molecular flexibility index (Phi) is 7.66. The minimum atomic E-state index is -4.11. The number of carbonyl (C=O) groups is 1. The Morgan fingerprint density at radius 2 is 1.73 bits per heavy atom. The number of sulfonamides is 1. The quantitative estimate of drug-likeness (QED) is 0.497. The molecule has 33 heavy (non-hydrogen) atoms. The van der Waals surface area contributed by atoms with Gasteiger partial charge in [0.1, 0.15) is 17.2 Å². The summed E-state index contributed by atoms with van der Waals surface area (Å²) in [7, 11) is -2.70. The van der Waals surface area contributed by atoms with Gasteiger partial charge in [-0.3, -0.25) is 9.10 Å². The lowest BCUT2D eigenvalue weighted by Gasteiger charge is -2.26. The van der Waals surface area contributed by atoms with Gasteiger partial charge in [0.25, 0.3) is 10.0 Å². The normalized spacial score (nSPS) is 11.2. The smallest absolute Gasteiger partial charge is 0.268 e. The van der Waals surface area contributed by atoms with E-state index in [-0.39, 0.29) is 17.2 Å². The first-order chi connectivity index (χ1) is 15.6. The molecule has 0 aliphatic heterocycles. The molecule has 0 heterocycles. The lowest BCUT2D eigenvalue weighted by Crippen LogP contribution is -2.41. The van der Waals surface area contributed by atoms with Crippen molar-refractivity contribution in [2.75, 3.05) is 18.0 Å². The average molecular weight is 487 g/mol. The summed E-state index contributed by atoms with van der Waals surface area (Å²) in [5, 5.41) is 3.30. The molecular formula is C25H27ClN2O4S. The molecule has 0 aromatic heterocycles. The number of hydrogen-bond acceptors (Lipinski definition) is 4. The minimum Gasteiger partial charge on any atom is -0.495 e. The minimum absolute atomic E-state index is 0.00197. The Morgan fingerprint density at radius 1 is 1.00 bits per heavy atom. The fraction of sp³-hybridized carbons (Fsp3) is 0.240. The maximum atomic E-state index is 13.8. The van der Waals surface area contributed by atoms with E-state index < -0.39 is 22.5 Å². The molecule has 1 N–H and O–H groups in total. The monoisotopic (exact) mass is 486 g/mol. The van der Waals surface area contributed by atoms with E-state index in [4.69, 9.17) is 16.3 Å². The predicted octanol–water partition coefficient (Wildman–Crippen LogP) is 4.79. The van der Waals surface area contributed by atoms with Crippen molar-refractivity contribution in [2.45, 2.75) is 32.2 Å². The number of aryl methyl sites for hydroxylation is 3. The summed E-state index contributed by atoms with van der Waals surface area (Å²) in [4.78, 5) is 12.9. The molecule has 0 radical (unpaired) electrons. The number of ether oxygens (including phenoxy) is 1. The number of benzene rings is 3. The Hall–Kier alpha value is -3.03. The molecule has 0 saturated carbocycles. The zero-order chi connectivity index (χ0) is 24.2. The second-order valence-electron chi connectivity index (χ2n) is 7.80. The van der Waals surface area contributed by atoms with Crippen molar-refractivity contribution in [3.63, 3.8) is 0 Å². The fourth-order valence-corrected chi connectivity index (χ4v) is 5.18. The molecule has 0 bridgehead atoms. The van der Waals surface area contributed by atoms with E-state index in [2.05, 4.69) is 5.32 Å². The molecule has 6 nitrogen and oxygen atoms in total. The van der Waals surface area contributed by atoms with Crippen molar-refractivity contribution in [3.8, 4) is 5.75 Å². The molecular weight excluding hydrogens is 460 g/mol. The topological polar surface area (TPSA) is 75.7 Å². The second-order valence-corrected chi connectivity index (χ2v) is 10.0. The highest BCUT2D eigenvalue weighted by Gasteiger charge is 2.30. The van der Waals surface area contributed by atoms with Gasteiger partial charge in [0, 0.05) is 11.6 Å². The Morgan fingerprint density at radius 3 is 2.39 bits per heavy atom. The van der Waals surface area contributed by atoms with Gasteiger partial charge in [-0.15, -0.1) is 0 Å². The Balaban J connectivity index is 1.98. The summed E-state index contributed by atoms with van der Waals surface area (Å²) >= 11 is 6.17. The van der Waals surface area contributed by atoms with Crippen LogP contribution in [0, 0.1) is 20.8 Å². The summed E-state index contributed by atoms with van der Waals surface area (Å²) in [6.07, 6.45) is 0. The van der Waals surface area contributed by atoms with Gasteiger partial charge in [0.15, 0.2) is 0 Å². The van der Waals surface area contributed by atoms with Crippen LogP contribution in [0.5, 0.6) is 5.75 Å². The van der Waals surface area contributed by atoms with Crippen molar-refractivity contribution in [3.05, 3.63) is 87.9 Å². The van der Waals surface area contributed by atoms with Gasteiger partial charge in [-0.1, -0.05) is 41.9 Å². The highest BCUT2D eigenvalue weighted by atomic mass is 35.5. The van der Waals surface area contributed by atoms with Gasteiger partial charge in [0.2, 0.25) is 5.91 Å². The Bertz CT molecular complexity index is 1280. The summed E-state index contributed by atoms with van der Waals surface area (Å²) < 4.78 is 34.0. The van der Waals surface area contributed by atoms with Gasteiger partial charge in [0.05, 0.1) is 12.8 Å². The van der Waals surface area contributed by atoms with Gasteiger partial charge in [-0.05, 0) is 73.4 Å². The zero-order valence-electron chi connectivity index (χ0n) is 19.1. The summed E-state index contributed by atoms with van der Waals surface area (Å²) in [6.45, 7) is 5.43. The third-order valence-electron chi connectivity index (χ3n) is 5.39. The molecule has 3 rings (SSSR count). The third kappa shape index (κ3) is 5.67. The fourth-order valence-electron chi connectivity index (χ4n) is 3.32. The molecule has 0 unspecified atom stereocenters. The van der Waals surface area contributed by atoms with Crippen molar-refractivity contribution in [1.29, 1.82) is 0 Å². The highest BCUT2D eigenvalue weighted by molar-refractivity contribution is 7.93. The zero-order valence-corrected chi connectivity index (χ0v) is 20.6. The maximum absolute atomic E-state index is 13.8. The number of nitrogens with zero attached hydrogens (tertiary/aromatic N) is 1. The van der Waals surface area contributed by atoms with E-state index in [1.807, 2.05) is 26.0 Å². The molecule has 0 spiro atoms. The van der Waals surface area contributed by atoms with Crippen LogP contribution in [0.15, 0.2) is 65.6 Å². The first-order valence-electron chi connectivity index (χ1n) is 10.4. The average Bonchev–Trinajstić information content (AvgIpc) is 2.78. The van der Waals surface area contributed by atoms with Crippen LogP contribution in [0.4, 0.5) is 5.69 Å². The number of nitrogens with one attached hydrogen (secondary N) is 1. The Labute approximate surface area is 200 Å². The van der Waals surface area contributed by atoms with Gasteiger partial charge >= 0.3 is 0 Å². The van der Waals surface area contributed by atoms with Crippen LogP contribution in [0.25, 0.3) is 0 Å². The van der Waals surface area contributed by atoms with Gasteiger partial charge in [-0.2, -0.15) is 0 Å². The van der Waals surface area contributed by atoms with E-state index in [9.17, 15) is 13.2 Å². The molecule has 3 aromatic rings. The number of carbonyl (C=O) groups excluding carboxylic acids is 1. The molecule has 3 aromatic carbocycles. The van der Waals surface area contributed by atoms with E-state index >= 15 is 0 Å². The molecule has 0 atom stereocenters. The van der Waals surface area contributed by atoms with E-state index in [1.54, 1.807) is 55.5 Å². The lowest BCUT2D eigenvalue weighted by atomic mass is 10.1. The molecule has 0 saturated heterocycles. The summed E-state index contributed by atoms with van der Waals surface area (Å²) in [5.74, 6) is -0.241. The molecule has 1 amide bonds. The first kappa shape index (κ1) is 24.6. The number of rotatable bonds is 8. The van der Waals surface area contributed by atoms with E-state index in [0.29, 0.717) is 10.7 Å². The third-order valence-corrected chi connectivity index (χ3v) is 7.55. The number of methoxy groups -OCH3 is 1. The number of anilines is 1. The first-order valence-corrected chi connectivity index (χ1v) is 12.2.